The molecule has 464 valence electrons. The largest absolute Gasteiger partial charge is 0.462 e. The maximum absolute atomic E-state index is 13.0. The molecule has 0 saturated carbocycles. The summed E-state index contributed by atoms with van der Waals surface area (Å²) in [4.78, 5) is 38.5. The van der Waals surface area contributed by atoms with E-state index in [-0.39, 0.29) is 31.1 Å². The van der Waals surface area contributed by atoms with Gasteiger partial charge in [0.15, 0.2) is 6.10 Å². The van der Waals surface area contributed by atoms with Crippen molar-refractivity contribution in [2.24, 2.45) is 0 Å². The molecule has 0 rings (SSSR count). The van der Waals surface area contributed by atoms with Crippen molar-refractivity contribution in [1.82, 2.24) is 0 Å². The van der Waals surface area contributed by atoms with Crippen LogP contribution in [0.15, 0.2) is 72.9 Å². The predicted molar refractivity (Wildman–Crippen MR) is 348 cm³/mol. The molecule has 1 unspecified atom stereocenters. The van der Waals surface area contributed by atoms with E-state index in [1.165, 1.54) is 212 Å². The summed E-state index contributed by atoms with van der Waals surface area (Å²) in [5, 5.41) is 0. The summed E-state index contributed by atoms with van der Waals surface area (Å²) in [6, 6.07) is 0. The van der Waals surface area contributed by atoms with Crippen molar-refractivity contribution in [2.45, 2.75) is 367 Å². The number of carbonyl (C=O) groups is 3. The molecule has 0 fully saturated rings. The van der Waals surface area contributed by atoms with Gasteiger partial charge in [0.1, 0.15) is 13.2 Å². The quantitative estimate of drug-likeness (QED) is 0.0261. The maximum Gasteiger partial charge on any atom is 0.306 e. The third-order valence-corrected chi connectivity index (χ3v) is 15.4. The van der Waals surface area contributed by atoms with Crippen molar-refractivity contribution in [3.63, 3.8) is 0 Å². The van der Waals surface area contributed by atoms with Crippen molar-refractivity contribution in [2.75, 3.05) is 13.2 Å². The van der Waals surface area contributed by atoms with Gasteiger partial charge < -0.3 is 14.2 Å². The smallest absolute Gasteiger partial charge is 0.306 e. The third kappa shape index (κ3) is 65.7. The van der Waals surface area contributed by atoms with Crippen LogP contribution in [0.5, 0.6) is 0 Å². The lowest BCUT2D eigenvalue weighted by atomic mass is 10.0. The lowest BCUT2D eigenvalue weighted by Crippen LogP contribution is -2.30. The van der Waals surface area contributed by atoms with Crippen molar-refractivity contribution in [3.8, 4) is 0 Å². The number of hydrogen-bond donors (Lipinski definition) is 0. The Kier molecular flexibility index (Phi) is 65.7. The van der Waals surface area contributed by atoms with Gasteiger partial charge in [-0.2, -0.15) is 0 Å². The highest BCUT2D eigenvalue weighted by atomic mass is 16.6. The lowest BCUT2D eigenvalue weighted by molar-refractivity contribution is -0.167. The molecule has 0 aromatic heterocycles. The summed E-state index contributed by atoms with van der Waals surface area (Å²) in [6.45, 7) is 6.57. The normalized spacial score (nSPS) is 12.5. The molecule has 0 aliphatic rings. The maximum atomic E-state index is 13.0. The average Bonchev–Trinajstić information content (AvgIpc) is 3.46. The van der Waals surface area contributed by atoms with Crippen LogP contribution in [0.4, 0.5) is 0 Å². The second kappa shape index (κ2) is 68.3. The molecular weight excluding hydrogens is 985 g/mol. The summed E-state index contributed by atoms with van der Waals surface area (Å²) in [5.41, 5.74) is 0. The Labute approximate surface area is 497 Å². The zero-order valence-corrected chi connectivity index (χ0v) is 53.3. The molecule has 0 radical (unpaired) electrons. The highest BCUT2D eigenvalue weighted by Gasteiger charge is 2.19. The Balaban J connectivity index is 4.39. The minimum absolute atomic E-state index is 0.0788. The highest BCUT2D eigenvalue weighted by molar-refractivity contribution is 5.71. The minimum Gasteiger partial charge on any atom is -0.462 e. The van der Waals surface area contributed by atoms with E-state index >= 15 is 0 Å². The summed E-state index contributed by atoms with van der Waals surface area (Å²) in [6.07, 6.45) is 89.2. The Bertz CT molecular complexity index is 1470. The number of carbonyl (C=O) groups excluding carboxylic acids is 3. The van der Waals surface area contributed by atoms with Gasteiger partial charge in [-0.3, -0.25) is 14.4 Å². The summed E-state index contributed by atoms with van der Waals surface area (Å²) in [5.74, 6) is -0.878. The van der Waals surface area contributed by atoms with Gasteiger partial charge in [0, 0.05) is 19.3 Å². The van der Waals surface area contributed by atoms with E-state index in [2.05, 4.69) is 93.7 Å². The molecule has 0 heterocycles. The number of esters is 3. The standard InChI is InChI=1S/C74H132O6/c1-4-7-10-13-16-19-22-25-28-31-34-37-40-43-46-49-52-55-58-61-64-67-73(76)79-70-71(69-78-72(75)66-63-60-57-54-51-48-45-42-39-36-33-30-27-24-21-18-15-12-9-6-3)80-74(77)68-65-62-59-56-53-50-47-44-41-38-35-32-29-26-23-20-17-14-11-8-5-2/h7,10,16,19,25,28,32,34-35,37,43,46,71H,4-6,8-9,11-15,17-18,20-24,26-27,29-31,33,36,38-42,44-45,47-70H2,1-3H3/b10-7-,19-16-,28-25-,35-32-,37-34-,46-43-. The summed E-state index contributed by atoms with van der Waals surface area (Å²) in [7, 11) is 0. The molecule has 6 nitrogen and oxygen atoms in total. The fraction of sp³-hybridized carbons (Fsp3) is 0.797. The van der Waals surface area contributed by atoms with E-state index in [9.17, 15) is 14.4 Å². The molecule has 0 spiro atoms. The molecule has 1 atom stereocenters. The molecule has 0 saturated heterocycles. The van der Waals surface area contributed by atoms with E-state index in [1.807, 2.05) is 0 Å². The molecule has 6 heteroatoms. The van der Waals surface area contributed by atoms with Gasteiger partial charge >= 0.3 is 17.9 Å². The van der Waals surface area contributed by atoms with Crippen LogP contribution < -0.4 is 0 Å². The predicted octanol–water partition coefficient (Wildman–Crippen LogP) is 24.1. The summed E-state index contributed by atoms with van der Waals surface area (Å²) < 4.78 is 17.0. The number of hydrogen-bond acceptors (Lipinski definition) is 6. The molecule has 0 aromatic rings. The summed E-state index contributed by atoms with van der Waals surface area (Å²) >= 11 is 0. The molecular formula is C74H132O6. The molecule has 0 amide bonds. The van der Waals surface area contributed by atoms with E-state index in [0.29, 0.717) is 19.3 Å². The van der Waals surface area contributed by atoms with Crippen molar-refractivity contribution >= 4 is 17.9 Å². The van der Waals surface area contributed by atoms with E-state index in [1.54, 1.807) is 0 Å². The average molecular weight is 1120 g/mol. The van der Waals surface area contributed by atoms with Gasteiger partial charge in [0.05, 0.1) is 0 Å². The van der Waals surface area contributed by atoms with Crippen LogP contribution in [0.3, 0.4) is 0 Å². The first-order valence-corrected chi connectivity index (χ1v) is 34.9. The van der Waals surface area contributed by atoms with Gasteiger partial charge in [-0.15, -0.1) is 0 Å². The first-order chi connectivity index (χ1) is 39.5. The van der Waals surface area contributed by atoms with Crippen LogP contribution in [0.2, 0.25) is 0 Å². The molecule has 0 aromatic carbocycles. The highest BCUT2D eigenvalue weighted by Crippen LogP contribution is 2.18. The van der Waals surface area contributed by atoms with Crippen molar-refractivity contribution in [1.29, 1.82) is 0 Å². The van der Waals surface area contributed by atoms with E-state index in [4.69, 9.17) is 14.2 Å². The van der Waals surface area contributed by atoms with Gasteiger partial charge in [0.2, 0.25) is 0 Å². The Morgan fingerprint density at radius 2 is 0.487 bits per heavy atom. The molecule has 0 bridgehead atoms. The van der Waals surface area contributed by atoms with Crippen molar-refractivity contribution in [3.05, 3.63) is 72.9 Å². The first kappa shape index (κ1) is 76.9. The number of unbranched alkanes of at least 4 members (excludes halogenated alkanes) is 41. The van der Waals surface area contributed by atoms with Gasteiger partial charge in [-0.25, -0.2) is 0 Å². The van der Waals surface area contributed by atoms with E-state index < -0.39 is 6.10 Å². The second-order valence-corrected chi connectivity index (χ2v) is 23.4. The Morgan fingerprint density at radius 3 is 0.775 bits per heavy atom. The van der Waals surface area contributed by atoms with Crippen molar-refractivity contribution < 1.29 is 28.6 Å². The zero-order chi connectivity index (χ0) is 57.8. The number of rotatable bonds is 64. The van der Waals surface area contributed by atoms with Gasteiger partial charge in [0.25, 0.3) is 0 Å². The van der Waals surface area contributed by atoms with Crippen LogP contribution in [0.25, 0.3) is 0 Å². The Hall–Kier alpha value is -3.15. The topological polar surface area (TPSA) is 78.9 Å². The van der Waals surface area contributed by atoms with Crippen LogP contribution in [0.1, 0.15) is 361 Å². The number of allylic oxidation sites excluding steroid dienone is 12. The van der Waals surface area contributed by atoms with E-state index in [0.717, 1.165) is 109 Å². The van der Waals surface area contributed by atoms with Crippen LogP contribution >= 0.6 is 0 Å². The SMILES string of the molecule is CC/C=C\C/C=C\C/C=C\C/C=C\C/C=C\CCCCCCCC(=O)OCC(COC(=O)CCCCCCCCCCCCCCCCCCCCCC)OC(=O)CCCCCCCCCCC/C=C\CCCCCCCCCC. The molecule has 0 aliphatic carbocycles. The van der Waals surface area contributed by atoms with Gasteiger partial charge in [-0.1, -0.05) is 325 Å². The molecule has 80 heavy (non-hydrogen) atoms. The third-order valence-electron chi connectivity index (χ3n) is 15.4. The fourth-order valence-corrected chi connectivity index (χ4v) is 10.2. The van der Waals surface area contributed by atoms with Gasteiger partial charge in [-0.05, 0) is 89.9 Å². The monoisotopic (exact) mass is 1120 g/mol. The second-order valence-electron chi connectivity index (χ2n) is 23.4. The minimum atomic E-state index is -0.786. The van der Waals surface area contributed by atoms with Crippen LogP contribution in [-0.2, 0) is 28.6 Å². The van der Waals surface area contributed by atoms with Crippen LogP contribution in [0, 0.1) is 0 Å². The Morgan fingerprint density at radius 1 is 0.263 bits per heavy atom. The first-order valence-electron chi connectivity index (χ1n) is 34.9. The lowest BCUT2D eigenvalue weighted by Gasteiger charge is -2.18. The van der Waals surface area contributed by atoms with Crippen LogP contribution in [-0.4, -0.2) is 37.2 Å². The zero-order valence-electron chi connectivity index (χ0n) is 53.3. The fourth-order valence-electron chi connectivity index (χ4n) is 10.2. The molecule has 0 aliphatic heterocycles. The number of ether oxygens (including phenoxy) is 3. The molecule has 0 N–H and O–H groups in total.